The van der Waals surface area contributed by atoms with Gasteiger partial charge in [-0.3, -0.25) is 4.79 Å². The molecule has 0 radical (unpaired) electrons. The van der Waals surface area contributed by atoms with Crippen molar-refractivity contribution in [1.82, 2.24) is 9.80 Å². The zero-order chi connectivity index (χ0) is 14.7. The highest BCUT2D eigenvalue weighted by atomic mass is 79.9. The molecule has 0 atom stereocenters. The highest BCUT2D eigenvalue weighted by molar-refractivity contribution is 9.11. The van der Waals surface area contributed by atoms with Gasteiger partial charge in [0.25, 0.3) is 5.91 Å². The minimum absolute atomic E-state index is 0.0864. The Bertz CT molecular complexity index is 485. The van der Waals surface area contributed by atoms with Crippen LogP contribution in [0.5, 0.6) is 0 Å². The Hall–Kier alpha value is -0.390. The minimum atomic E-state index is 0.0864. The quantitative estimate of drug-likeness (QED) is 0.769. The molecule has 0 aliphatic carbocycles. The van der Waals surface area contributed by atoms with Gasteiger partial charge in [0.2, 0.25) is 0 Å². The number of nitrogens with zero attached hydrogens (tertiary/aromatic N) is 2. The van der Waals surface area contributed by atoms with E-state index < -0.39 is 0 Å². The van der Waals surface area contributed by atoms with Crippen LogP contribution in [-0.4, -0.2) is 49.4 Å². The van der Waals surface area contributed by atoms with Gasteiger partial charge in [0, 0.05) is 22.5 Å². The molecule has 20 heavy (non-hydrogen) atoms. The number of halogens is 2. The first kappa shape index (κ1) is 16.0. The van der Waals surface area contributed by atoms with Crippen LogP contribution < -0.4 is 0 Å². The average Bonchev–Trinajstić information content (AvgIpc) is 2.40. The third kappa shape index (κ3) is 4.06. The number of hydrogen-bond acceptors (Lipinski definition) is 2. The van der Waals surface area contributed by atoms with Crippen LogP contribution in [0.2, 0.25) is 0 Å². The van der Waals surface area contributed by atoms with E-state index in [4.69, 9.17) is 0 Å². The summed E-state index contributed by atoms with van der Waals surface area (Å²) in [6, 6.07) is 5.68. The lowest BCUT2D eigenvalue weighted by atomic mass is 9.96. The van der Waals surface area contributed by atoms with Crippen molar-refractivity contribution in [3.63, 3.8) is 0 Å². The summed E-state index contributed by atoms with van der Waals surface area (Å²) in [5.74, 6) is 0.706. The summed E-state index contributed by atoms with van der Waals surface area (Å²) < 4.78 is 1.81. The molecular formula is C15H20Br2N2O. The standard InChI is InChI=1S/C15H20Br2N2O/c1-18-7-5-11(6-8-18)10-19(2)15(20)13-4-3-12(16)9-14(13)17/h3-4,9,11H,5-8,10H2,1-2H3. The fourth-order valence-electron chi connectivity index (χ4n) is 2.58. The fraction of sp³-hybridized carbons (Fsp3) is 0.533. The van der Waals surface area contributed by atoms with Gasteiger partial charge in [-0.1, -0.05) is 15.9 Å². The van der Waals surface area contributed by atoms with Crippen LogP contribution in [0.25, 0.3) is 0 Å². The zero-order valence-electron chi connectivity index (χ0n) is 11.9. The maximum atomic E-state index is 12.5. The Morgan fingerprint density at radius 2 is 2.00 bits per heavy atom. The smallest absolute Gasteiger partial charge is 0.254 e. The number of carbonyl (C=O) groups excluding carboxylic acids is 1. The predicted octanol–water partition coefficient (Wildman–Crippen LogP) is 3.63. The van der Waals surface area contributed by atoms with Crippen molar-refractivity contribution < 1.29 is 4.79 Å². The lowest BCUT2D eigenvalue weighted by Gasteiger charge is -2.31. The van der Waals surface area contributed by atoms with Crippen molar-refractivity contribution in [3.8, 4) is 0 Å². The van der Waals surface area contributed by atoms with Gasteiger partial charge in [-0.2, -0.15) is 0 Å². The molecule has 1 aliphatic rings. The van der Waals surface area contributed by atoms with Gasteiger partial charge >= 0.3 is 0 Å². The first-order valence-electron chi connectivity index (χ1n) is 6.86. The van der Waals surface area contributed by atoms with E-state index >= 15 is 0 Å². The van der Waals surface area contributed by atoms with Gasteiger partial charge in [0.1, 0.15) is 0 Å². The van der Waals surface area contributed by atoms with E-state index in [1.54, 1.807) is 0 Å². The number of amides is 1. The highest BCUT2D eigenvalue weighted by Gasteiger charge is 2.21. The molecule has 1 fully saturated rings. The molecule has 0 unspecified atom stereocenters. The van der Waals surface area contributed by atoms with Crippen molar-refractivity contribution in [2.75, 3.05) is 33.7 Å². The molecule has 1 aromatic rings. The topological polar surface area (TPSA) is 23.6 Å². The summed E-state index contributed by atoms with van der Waals surface area (Å²) in [6.45, 7) is 3.11. The molecule has 0 saturated carbocycles. The molecule has 1 saturated heterocycles. The monoisotopic (exact) mass is 402 g/mol. The summed E-state index contributed by atoms with van der Waals surface area (Å²) in [6.07, 6.45) is 2.35. The fourth-order valence-corrected chi connectivity index (χ4v) is 3.80. The van der Waals surface area contributed by atoms with Gasteiger partial charge in [0.05, 0.1) is 5.56 Å². The van der Waals surface area contributed by atoms with E-state index in [2.05, 4.69) is 43.8 Å². The molecule has 5 heteroatoms. The molecule has 1 aromatic carbocycles. The van der Waals surface area contributed by atoms with E-state index in [9.17, 15) is 4.79 Å². The molecule has 0 spiro atoms. The van der Waals surface area contributed by atoms with Crippen molar-refractivity contribution in [2.45, 2.75) is 12.8 Å². The maximum absolute atomic E-state index is 12.5. The molecule has 0 aromatic heterocycles. The Morgan fingerprint density at radius 1 is 1.35 bits per heavy atom. The molecule has 1 heterocycles. The number of rotatable bonds is 3. The van der Waals surface area contributed by atoms with Crippen molar-refractivity contribution >= 4 is 37.8 Å². The molecule has 0 N–H and O–H groups in total. The number of benzene rings is 1. The van der Waals surface area contributed by atoms with E-state index in [1.165, 1.54) is 12.8 Å². The molecule has 0 bridgehead atoms. The van der Waals surface area contributed by atoms with Gasteiger partial charge in [0.15, 0.2) is 0 Å². The molecule has 2 rings (SSSR count). The number of likely N-dealkylation sites (tertiary alicyclic amines) is 1. The summed E-state index contributed by atoms with van der Waals surface area (Å²) >= 11 is 6.87. The van der Waals surface area contributed by atoms with Crippen LogP contribution in [-0.2, 0) is 0 Å². The van der Waals surface area contributed by atoms with Crippen molar-refractivity contribution in [1.29, 1.82) is 0 Å². The summed E-state index contributed by atoms with van der Waals surface area (Å²) in [5, 5.41) is 0. The Balaban J connectivity index is 1.98. The summed E-state index contributed by atoms with van der Waals surface area (Å²) in [7, 11) is 4.05. The third-order valence-electron chi connectivity index (χ3n) is 3.88. The molecule has 1 amide bonds. The van der Waals surface area contributed by atoms with Gasteiger partial charge < -0.3 is 9.80 Å². The van der Waals surface area contributed by atoms with Crippen LogP contribution in [0.3, 0.4) is 0 Å². The lowest BCUT2D eigenvalue weighted by Crippen LogP contribution is -2.38. The largest absolute Gasteiger partial charge is 0.341 e. The predicted molar refractivity (Wildman–Crippen MR) is 89.0 cm³/mol. The third-order valence-corrected chi connectivity index (χ3v) is 5.03. The van der Waals surface area contributed by atoms with Crippen LogP contribution in [0.15, 0.2) is 27.1 Å². The molecule has 3 nitrogen and oxygen atoms in total. The normalized spacial score (nSPS) is 17.2. The van der Waals surface area contributed by atoms with Crippen molar-refractivity contribution in [2.24, 2.45) is 5.92 Å². The Labute approximate surface area is 137 Å². The average molecular weight is 404 g/mol. The Morgan fingerprint density at radius 3 is 2.60 bits per heavy atom. The highest BCUT2D eigenvalue weighted by Crippen LogP contribution is 2.24. The summed E-state index contributed by atoms with van der Waals surface area (Å²) in [4.78, 5) is 16.7. The minimum Gasteiger partial charge on any atom is -0.341 e. The second-order valence-electron chi connectivity index (χ2n) is 5.56. The summed E-state index contributed by atoms with van der Waals surface area (Å²) in [5.41, 5.74) is 0.726. The first-order chi connectivity index (χ1) is 9.47. The van der Waals surface area contributed by atoms with Crippen LogP contribution in [0, 0.1) is 5.92 Å². The van der Waals surface area contributed by atoms with Gasteiger partial charge in [-0.15, -0.1) is 0 Å². The molecular weight excluding hydrogens is 384 g/mol. The lowest BCUT2D eigenvalue weighted by molar-refractivity contribution is 0.0746. The second-order valence-corrected chi connectivity index (χ2v) is 7.33. The Kier molecular flexibility index (Phi) is 5.64. The number of hydrogen-bond donors (Lipinski definition) is 0. The van der Waals surface area contributed by atoms with E-state index in [-0.39, 0.29) is 5.91 Å². The second kappa shape index (κ2) is 7.05. The number of piperidine rings is 1. The van der Waals surface area contributed by atoms with Crippen LogP contribution in [0.1, 0.15) is 23.2 Å². The zero-order valence-corrected chi connectivity index (χ0v) is 15.1. The van der Waals surface area contributed by atoms with Crippen LogP contribution >= 0.6 is 31.9 Å². The molecule has 110 valence electrons. The van der Waals surface area contributed by atoms with Gasteiger partial charge in [-0.05, 0) is 73.0 Å². The molecule has 1 aliphatic heterocycles. The van der Waals surface area contributed by atoms with E-state index in [0.717, 1.165) is 34.1 Å². The number of carbonyl (C=O) groups is 1. The van der Waals surface area contributed by atoms with Gasteiger partial charge in [-0.25, -0.2) is 0 Å². The SMILES string of the molecule is CN1CCC(CN(C)C(=O)c2ccc(Br)cc2Br)CC1. The first-order valence-corrected chi connectivity index (χ1v) is 8.45. The van der Waals surface area contributed by atoms with E-state index in [0.29, 0.717) is 5.92 Å². The van der Waals surface area contributed by atoms with E-state index in [1.807, 2.05) is 30.1 Å². The van der Waals surface area contributed by atoms with Crippen LogP contribution in [0.4, 0.5) is 0 Å². The van der Waals surface area contributed by atoms with Crippen molar-refractivity contribution in [3.05, 3.63) is 32.7 Å². The maximum Gasteiger partial charge on any atom is 0.254 e.